The Hall–Kier alpha value is -2.02. The van der Waals surface area contributed by atoms with Crippen LogP contribution in [0.3, 0.4) is 0 Å². The van der Waals surface area contributed by atoms with Crippen molar-refractivity contribution in [2.24, 2.45) is 5.73 Å². The van der Waals surface area contributed by atoms with Gasteiger partial charge in [0, 0.05) is 5.56 Å². The van der Waals surface area contributed by atoms with E-state index in [0.717, 1.165) is 0 Å². The first-order valence-electron chi connectivity index (χ1n) is 4.98. The van der Waals surface area contributed by atoms with Crippen molar-refractivity contribution in [3.63, 3.8) is 0 Å². The normalized spacial score (nSPS) is 11.6. The van der Waals surface area contributed by atoms with Crippen molar-refractivity contribution in [1.29, 1.82) is 0 Å². The molecule has 7 heteroatoms. The number of oxazole rings is 1. The molecule has 0 atom stereocenters. The molecule has 0 amide bonds. The Balaban J connectivity index is 2.17. The van der Waals surface area contributed by atoms with Gasteiger partial charge in [0.2, 0.25) is 5.89 Å². The first-order valence-corrected chi connectivity index (χ1v) is 4.98. The van der Waals surface area contributed by atoms with Crippen molar-refractivity contribution < 1.29 is 22.3 Å². The molecule has 0 saturated carbocycles. The number of benzene rings is 1. The molecule has 0 saturated heterocycles. The molecule has 18 heavy (non-hydrogen) atoms. The van der Waals surface area contributed by atoms with Crippen molar-refractivity contribution in [2.75, 3.05) is 0 Å². The number of rotatable bonds is 3. The van der Waals surface area contributed by atoms with Crippen molar-refractivity contribution in [3.05, 3.63) is 36.4 Å². The maximum atomic E-state index is 12.0. The van der Waals surface area contributed by atoms with Gasteiger partial charge in [0.15, 0.2) is 0 Å². The molecule has 0 radical (unpaired) electrons. The van der Waals surface area contributed by atoms with Crippen LogP contribution in [0.25, 0.3) is 11.3 Å². The van der Waals surface area contributed by atoms with E-state index in [2.05, 4.69) is 9.72 Å². The summed E-state index contributed by atoms with van der Waals surface area (Å²) >= 11 is 0. The van der Waals surface area contributed by atoms with Crippen LogP contribution in [0.5, 0.6) is 5.75 Å². The summed E-state index contributed by atoms with van der Waals surface area (Å²) in [5.74, 6) is 0.0782. The summed E-state index contributed by atoms with van der Waals surface area (Å²) in [6.07, 6.45) is -3.30. The molecule has 0 aliphatic rings. The van der Waals surface area contributed by atoms with Crippen LogP contribution in [-0.4, -0.2) is 11.3 Å². The molecule has 4 nitrogen and oxygen atoms in total. The molecule has 96 valence electrons. The van der Waals surface area contributed by atoms with Crippen molar-refractivity contribution in [2.45, 2.75) is 12.9 Å². The lowest BCUT2D eigenvalue weighted by atomic mass is 10.2. The molecule has 0 unspecified atom stereocenters. The number of nitrogens with zero attached hydrogens (tertiary/aromatic N) is 1. The number of hydrogen-bond acceptors (Lipinski definition) is 4. The first kappa shape index (κ1) is 12.4. The minimum Gasteiger partial charge on any atom is -0.447 e. The predicted octanol–water partition coefficient (Wildman–Crippen LogP) is 2.70. The van der Waals surface area contributed by atoms with Gasteiger partial charge in [-0.25, -0.2) is 4.98 Å². The maximum absolute atomic E-state index is 12.0. The van der Waals surface area contributed by atoms with Gasteiger partial charge in [0.25, 0.3) is 0 Å². The standard InChI is InChI=1S/C11H9F3N2O2/c12-11(13,14)18-8-3-1-7(2-4-8)9-6-17-10(5-15)16-9/h1-4,6H,5,15H2. The zero-order valence-corrected chi connectivity index (χ0v) is 9.07. The largest absolute Gasteiger partial charge is 0.573 e. The van der Waals surface area contributed by atoms with Gasteiger partial charge in [-0.2, -0.15) is 0 Å². The topological polar surface area (TPSA) is 61.3 Å². The van der Waals surface area contributed by atoms with E-state index < -0.39 is 6.36 Å². The van der Waals surface area contributed by atoms with Crippen molar-refractivity contribution in [3.8, 4) is 17.0 Å². The summed E-state index contributed by atoms with van der Waals surface area (Å²) in [4.78, 5) is 4.05. The van der Waals surface area contributed by atoms with Gasteiger partial charge in [-0.3, -0.25) is 0 Å². The van der Waals surface area contributed by atoms with Crippen LogP contribution in [0.2, 0.25) is 0 Å². The Kier molecular flexibility index (Phi) is 3.24. The van der Waals surface area contributed by atoms with Gasteiger partial charge in [0.05, 0.1) is 6.54 Å². The van der Waals surface area contributed by atoms with E-state index in [1.54, 1.807) is 0 Å². The second kappa shape index (κ2) is 4.69. The summed E-state index contributed by atoms with van der Waals surface area (Å²) in [7, 11) is 0. The minimum atomic E-state index is -4.69. The molecule has 0 aliphatic carbocycles. The monoisotopic (exact) mass is 258 g/mol. The molecular weight excluding hydrogens is 249 g/mol. The SMILES string of the molecule is NCc1nc(-c2ccc(OC(F)(F)F)cc2)co1. The lowest BCUT2D eigenvalue weighted by Gasteiger charge is -2.08. The molecular formula is C11H9F3N2O2. The number of halogens is 3. The smallest absolute Gasteiger partial charge is 0.447 e. The number of alkyl halides is 3. The zero-order valence-electron chi connectivity index (χ0n) is 9.07. The average Bonchev–Trinajstić information content (AvgIpc) is 2.76. The second-order valence-corrected chi connectivity index (χ2v) is 3.40. The lowest BCUT2D eigenvalue weighted by molar-refractivity contribution is -0.274. The minimum absolute atomic E-state index is 0.162. The molecule has 0 fully saturated rings. The molecule has 1 aromatic carbocycles. The molecule has 2 rings (SSSR count). The van der Waals surface area contributed by atoms with Gasteiger partial charge in [-0.1, -0.05) is 0 Å². The van der Waals surface area contributed by atoms with Crippen LogP contribution in [0.15, 0.2) is 34.9 Å². The Labute approximate surface area is 100 Å². The van der Waals surface area contributed by atoms with Gasteiger partial charge < -0.3 is 14.9 Å². The fourth-order valence-corrected chi connectivity index (χ4v) is 1.36. The van der Waals surface area contributed by atoms with Gasteiger partial charge in [-0.15, -0.1) is 13.2 Å². The average molecular weight is 258 g/mol. The fourth-order valence-electron chi connectivity index (χ4n) is 1.36. The zero-order chi connectivity index (χ0) is 13.2. The molecule has 0 spiro atoms. The molecule has 2 N–H and O–H groups in total. The third-order valence-electron chi connectivity index (χ3n) is 2.11. The van der Waals surface area contributed by atoms with Crippen molar-refractivity contribution in [1.82, 2.24) is 4.98 Å². The highest BCUT2D eigenvalue weighted by molar-refractivity contribution is 5.58. The van der Waals surface area contributed by atoms with E-state index >= 15 is 0 Å². The summed E-state index contributed by atoms with van der Waals surface area (Å²) in [5, 5.41) is 0. The summed E-state index contributed by atoms with van der Waals surface area (Å²) in [6, 6.07) is 5.33. The number of ether oxygens (including phenoxy) is 1. The number of aromatic nitrogens is 1. The summed E-state index contributed by atoms with van der Waals surface area (Å²) in [6.45, 7) is 0.162. The van der Waals surface area contributed by atoms with Crippen LogP contribution in [0.1, 0.15) is 5.89 Å². The van der Waals surface area contributed by atoms with E-state index in [1.807, 2.05) is 0 Å². The molecule has 1 heterocycles. The second-order valence-electron chi connectivity index (χ2n) is 3.40. The quantitative estimate of drug-likeness (QED) is 0.919. The highest BCUT2D eigenvalue weighted by Gasteiger charge is 2.30. The Morgan fingerprint density at radius 2 is 1.89 bits per heavy atom. The van der Waals surface area contributed by atoms with E-state index in [-0.39, 0.29) is 12.3 Å². The van der Waals surface area contributed by atoms with Gasteiger partial charge in [0.1, 0.15) is 17.7 Å². The van der Waals surface area contributed by atoms with Crippen LogP contribution in [0.4, 0.5) is 13.2 Å². The Morgan fingerprint density at radius 1 is 1.22 bits per heavy atom. The van der Waals surface area contributed by atoms with Crippen molar-refractivity contribution >= 4 is 0 Å². The van der Waals surface area contributed by atoms with E-state index in [4.69, 9.17) is 10.2 Å². The Bertz CT molecular complexity index is 520. The molecule has 2 aromatic rings. The Morgan fingerprint density at radius 3 is 2.39 bits per heavy atom. The predicted molar refractivity (Wildman–Crippen MR) is 56.5 cm³/mol. The summed E-state index contributed by atoms with van der Waals surface area (Å²) in [5.41, 5.74) is 6.46. The van der Waals surface area contributed by atoms with Crippen LogP contribution in [-0.2, 0) is 6.54 Å². The van der Waals surface area contributed by atoms with Gasteiger partial charge >= 0.3 is 6.36 Å². The first-order chi connectivity index (χ1) is 8.48. The van der Waals surface area contributed by atoms with Crippen LogP contribution in [0, 0.1) is 0 Å². The third-order valence-corrected chi connectivity index (χ3v) is 2.11. The number of nitrogens with two attached hydrogens (primary N) is 1. The van der Waals surface area contributed by atoms with Crippen LogP contribution < -0.4 is 10.5 Å². The highest BCUT2D eigenvalue weighted by Crippen LogP contribution is 2.26. The van der Waals surface area contributed by atoms with E-state index in [9.17, 15) is 13.2 Å². The van der Waals surface area contributed by atoms with E-state index in [1.165, 1.54) is 30.5 Å². The third kappa shape index (κ3) is 3.01. The van der Waals surface area contributed by atoms with E-state index in [0.29, 0.717) is 17.1 Å². The van der Waals surface area contributed by atoms with Crippen LogP contribution >= 0.6 is 0 Å². The summed E-state index contributed by atoms with van der Waals surface area (Å²) < 4.78 is 44.6. The lowest BCUT2D eigenvalue weighted by Crippen LogP contribution is -2.16. The molecule has 1 aromatic heterocycles. The maximum Gasteiger partial charge on any atom is 0.573 e. The number of hydrogen-bond donors (Lipinski definition) is 1. The fraction of sp³-hybridized carbons (Fsp3) is 0.182. The molecule has 0 aliphatic heterocycles. The molecule has 0 bridgehead atoms. The highest BCUT2D eigenvalue weighted by atomic mass is 19.4. The van der Waals surface area contributed by atoms with Gasteiger partial charge in [-0.05, 0) is 24.3 Å².